The zero-order chi connectivity index (χ0) is 18.0. The second-order valence-electron chi connectivity index (χ2n) is 5.97. The summed E-state index contributed by atoms with van der Waals surface area (Å²) in [6.07, 6.45) is 0. The molecule has 3 aromatic carbocycles. The Labute approximate surface area is 157 Å². The largest absolute Gasteiger partial charge is 0.516 e. The topological polar surface area (TPSA) is 38.5 Å². The summed E-state index contributed by atoms with van der Waals surface area (Å²) in [6.45, 7) is 0.596. The predicted octanol–water partition coefficient (Wildman–Crippen LogP) is 5.96. The van der Waals surface area contributed by atoms with E-state index < -0.39 is 7.75 Å². The van der Waals surface area contributed by atoms with E-state index >= 15 is 0 Å². The summed E-state index contributed by atoms with van der Waals surface area (Å²) < 4.78 is 27.0. The first-order chi connectivity index (χ1) is 12.6. The lowest BCUT2D eigenvalue weighted by molar-refractivity contribution is 0.345. The number of nitrogens with zero attached hydrogens (tertiary/aromatic N) is 1. The normalized spacial score (nSPS) is 19.0. The van der Waals surface area contributed by atoms with Crippen LogP contribution in [0.15, 0.2) is 84.9 Å². The molecular formula is C20H17ClNO3P. The van der Waals surface area contributed by atoms with Gasteiger partial charge in [0.15, 0.2) is 0 Å². The number of halogens is 1. The Hall–Kier alpha value is -2.26. The van der Waals surface area contributed by atoms with E-state index in [0.717, 1.165) is 5.56 Å². The van der Waals surface area contributed by atoms with Gasteiger partial charge in [0.1, 0.15) is 11.5 Å². The van der Waals surface area contributed by atoms with Crippen molar-refractivity contribution in [2.45, 2.75) is 6.04 Å². The molecule has 132 valence electrons. The van der Waals surface area contributed by atoms with Crippen LogP contribution in [-0.2, 0) is 4.57 Å². The van der Waals surface area contributed by atoms with Crippen molar-refractivity contribution in [1.29, 1.82) is 0 Å². The van der Waals surface area contributed by atoms with Crippen LogP contribution in [0.3, 0.4) is 0 Å². The number of para-hydroxylation sites is 2. The van der Waals surface area contributed by atoms with Gasteiger partial charge >= 0.3 is 7.75 Å². The van der Waals surface area contributed by atoms with E-state index in [2.05, 4.69) is 0 Å². The average Bonchev–Trinajstić information content (AvgIpc) is 3.46. The van der Waals surface area contributed by atoms with E-state index in [1.54, 1.807) is 28.9 Å². The third-order valence-corrected chi connectivity index (χ3v) is 6.29. The van der Waals surface area contributed by atoms with Gasteiger partial charge in [-0.3, -0.25) is 0 Å². The first kappa shape index (κ1) is 17.2. The Balaban J connectivity index is 1.60. The summed E-state index contributed by atoms with van der Waals surface area (Å²) in [7, 11) is -3.56. The molecule has 1 heterocycles. The molecule has 0 saturated carbocycles. The fraction of sp³-hybridized carbons (Fsp3) is 0.100. The van der Waals surface area contributed by atoms with Crippen molar-refractivity contribution in [3.05, 3.63) is 95.5 Å². The minimum atomic E-state index is -3.56. The van der Waals surface area contributed by atoms with E-state index in [1.807, 2.05) is 60.7 Å². The van der Waals surface area contributed by atoms with Gasteiger partial charge in [0, 0.05) is 11.6 Å². The second-order valence-corrected chi connectivity index (χ2v) is 8.22. The molecule has 2 atom stereocenters. The maximum absolute atomic E-state index is 13.6. The standard InChI is InChI=1S/C20H17ClNO3P/c21-17-13-11-16(12-14-17)20-15-22(20)26(23,24-18-7-3-1-4-8-18)25-19-9-5-2-6-10-19/h1-14,20H,15H2. The molecule has 1 aliphatic rings. The van der Waals surface area contributed by atoms with Crippen LogP contribution in [0.2, 0.25) is 5.02 Å². The van der Waals surface area contributed by atoms with Crippen LogP contribution in [0.4, 0.5) is 0 Å². The smallest absolute Gasteiger partial charge is 0.404 e. The molecule has 0 spiro atoms. The summed E-state index contributed by atoms with van der Waals surface area (Å²) >= 11 is 5.96. The molecule has 4 nitrogen and oxygen atoms in total. The maximum Gasteiger partial charge on any atom is 0.516 e. The quantitative estimate of drug-likeness (QED) is 0.387. The van der Waals surface area contributed by atoms with Gasteiger partial charge in [-0.25, -0.2) is 4.57 Å². The Bertz CT molecular complexity index is 873. The number of hydrogen-bond donors (Lipinski definition) is 0. The van der Waals surface area contributed by atoms with Gasteiger partial charge in [0.25, 0.3) is 0 Å². The molecule has 3 aromatic rings. The van der Waals surface area contributed by atoms with Crippen LogP contribution in [0.25, 0.3) is 0 Å². The highest BCUT2D eigenvalue weighted by atomic mass is 35.5. The Morgan fingerprint density at radius 2 is 1.31 bits per heavy atom. The van der Waals surface area contributed by atoms with E-state index in [-0.39, 0.29) is 6.04 Å². The van der Waals surface area contributed by atoms with E-state index in [1.165, 1.54) is 0 Å². The zero-order valence-corrected chi connectivity index (χ0v) is 15.5. The fourth-order valence-corrected chi connectivity index (χ4v) is 4.69. The highest BCUT2D eigenvalue weighted by Gasteiger charge is 2.53. The molecule has 0 amide bonds. The van der Waals surface area contributed by atoms with Crippen LogP contribution in [0.1, 0.15) is 11.6 Å². The Morgan fingerprint density at radius 3 is 1.81 bits per heavy atom. The SMILES string of the molecule is O=P(Oc1ccccc1)(Oc1ccccc1)N1CC1c1ccc(Cl)cc1. The average molecular weight is 386 g/mol. The van der Waals surface area contributed by atoms with E-state index in [0.29, 0.717) is 23.1 Å². The molecule has 4 rings (SSSR count). The molecule has 0 N–H and O–H groups in total. The Kier molecular flexibility index (Phi) is 4.73. The van der Waals surface area contributed by atoms with Crippen LogP contribution < -0.4 is 9.05 Å². The van der Waals surface area contributed by atoms with Gasteiger partial charge in [-0.2, -0.15) is 4.67 Å². The monoisotopic (exact) mass is 385 g/mol. The zero-order valence-electron chi connectivity index (χ0n) is 13.9. The molecule has 2 unspecified atom stereocenters. The van der Waals surface area contributed by atoms with E-state index in [4.69, 9.17) is 20.6 Å². The molecule has 0 radical (unpaired) electrons. The highest BCUT2D eigenvalue weighted by molar-refractivity contribution is 7.52. The van der Waals surface area contributed by atoms with E-state index in [9.17, 15) is 4.57 Å². The van der Waals surface area contributed by atoms with Gasteiger partial charge in [0.2, 0.25) is 0 Å². The van der Waals surface area contributed by atoms with Crippen LogP contribution in [0.5, 0.6) is 11.5 Å². The first-order valence-corrected chi connectivity index (χ1v) is 10.1. The lowest BCUT2D eigenvalue weighted by Gasteiger charge is -2.21. The van der Waals surface area contributed by atoms with Crippen LogP contribution in [0, 0.1) is 0 Å². The second kappa shape index (κ2) is 7.16. The number of rotatable bonds is 6. The minimum Gasteiger partial charge on any atom is -0.404 e. The summed E-state index contributed by atoms with van der Waals surface area (Å²) in [5.41, 5.74) is 1.03. The van der Waals surface area contributed by atoms with Crippen molar-refractivity contribution in [1.82, 2.24) is 4.67 Å². The van der Waals surface area contributed by atoms with Gasteiger partial charge in [-0.15, -0.1) is 0 Å². The molecule has 1 aliphatic heterocycles. The molecule has 0 aromatic heterocycles. The molecule has 26 heavy (non-hydrogen) atoms. The Morgan fingerprint density at radius 1 is 0.808 bits per heavy atom. The number of hydrogen-bond acceptors (Lipinski definition) is 3. The summed E-state index contributed by atoms with van der Waals surface area (Å²) in [5.74, 6) is 1.02. The first-order valence-electron chi connectivity index (χ1n) is 8.26. The minimum absolute atomic E-state index is 0.0227. The lowest BCUT2D eigenvalue weighted by atomic mass is 10.2. The highest BCUT2D eigenvalue weighted by Crippen LogP contribution is 2.62. The number of benzene rings is 3. The van der Waals surface area contributed by atoms with Crippen molar-refractivity contribution >= 4 is 19.3 Å². The molecule has 0 bridgehead atoms. The van der Waals surface area contributed by atoms with Crippen LogP contribution >= 0.6 is 19.3 Å². The third-order valence-electron chi connectivity index (χ3n) is 4.08. The maximum atomic E-state index is 13.6. The molecule has 0 aliphatic carbocycles. The molecule has 6 heteroatoms. The van der Waals surface area contributed by atoms with Crippen molar-refractivity contribution in [3.8, 4) is 11.5 Å². The molecular weight excluding hydrogens is 369 g/mol. The summed E-state index contributed by atoms with van der Waals surface area (Å²) in [4.78, 5) is 0. The van der Waals surface area contributed by atoms with Crippen molar-refractivity contribution in [2.24, 2.45) is 0 Å². The van der Waals surface area contributed by atoms with Crippen molar-refractivity contribution < 1.29 is 13.6 Å². The van der Waals surface area contributed by atoms with Crippen molar-refractivity contribution in [3.63, 3.8) is 0 Å². The van der Waals surface area contributed by atoms with Gasteiger partial charge in [0.05, 0.1) is 6.04 Å². The van der Waals surface area contributed by atoms with Crippen molar-refractivity contribution in [2.75, 3.05) is 6.54 Å². The summed E-state index contributed by atoms with van der Waals surface area (Å²) in [5, 5.41) is 0.671. The molecule has 1 saturated heterocycles. The van der Waals surface area contributed by atoms with Gasteiger partial charge in [-0.1, -0.05) is 60.1 Å². The van der Waals surface area contributed by atoms with Gasteiger partial charge in [-0.05, 0) is 42.0 Å². The predicted molar refractivity (Wildman–Crippen MR) is 103 cm³/mol. The lowest BCUT2D eigenvalue weighted by Crippen LogP contribution is -2.09. The van der Waals surface area contributed by atoms with Crippen LogP contribution in [-0.4, -0.2) is 11.2 Å². The third kappa shape index (κ3) is 3.78. The fourth-order valence-electron chi connectivity index (χ4n) is 2.72. The molecule has 1 fully saturated rings. The van der Waals surface area contributed by atoms with Gasteiger partial charge < -0.3 is 9.05 Å². The summed E-state index contributed by atoms with van der Waals surface area (Å²) in [6, 6.07) is 25.7.